The van der Waals surface area contributed by atoms with E-state index >= 15 is 0 Å². The zero-order valence-corrected chi connectivity index (χ0v) is 14.5. The fourth-order valence-electron chi connectivity index (χ4n) is 3.28. The van der Waals surface area contributed by atoms with Crippen molar-refractivity contribution in [3.8, 4) is 5.69 Å². The molecule has 7 nitrogen and oxygen atoms in total. The van der Waals surface area contributed by atoms with Gasteiger partial charge in [-0.05, 0) is 37.1 Å². The summed E-state index contributed by atoms with van der Waals surface area (Å²) in [6, 6.07) is 8.79. The maximum atomic E-state index is 11.7. The third-order valence-corrected chi connectivity index (χ3v) is 4.66. The van der Waals surface area contributed by atoms with E-state index in [9.17, 15) is 4.79 Å². The van der Waals surface area contributed by atoms with Gasteiger partial charge in [0.05, 0.1) is 5.69 Å². The Kier molecular flexibility index (Phi) is 6.14. The first-order valence-electron chi connectivity index (χ1n) is 8.91. The first-order chi connectivity index (χ1) is 12.3. The van der Waals surface area contributed by atoms with Crippen LogP contribution in [0.2, 0.25) is 0 Å². The molecule has 7 heteroatoms. The Labute approximate surface area is 148 Å². The SMILES string of the molecule is NCCC(=O)NCC1CCCCN1Cc1ccc(-n2cncn2)cc1. The summed E-state index contributed by atoms with van der Waals surface area (Å²) in [6.45, 7) is 3.07. The van der Waals surface area contributed by atoms with Crippen LogP contribution < -0.4 is 11.1 Å². The van der Waals surface area contributed by atoms with Crippen LogP contribution in [-0.2, 0) is 11.3 Å². The Morgan fingerprint density at radius 1 is 1.28 bits per heavy atom. The van der Waals surface area contributed by atoms with Crippen LogP contribution in [0, 0.1) is 0 Å². The summed E-state index contributed by atoms with van der Waals surface area (Å²) >= 11 is 0. The second-order valence-corrected chi connectivity index (χ2v) is 6.47. The topological polar surface area (TPSA) is 89.1 Å². The minimum absolute atomic E-state index is 0.0465. The average Bonchev–Trinajstić information content (AvgIpc) is 3.17. The predicted octanol–water partition coefficient (Wildman–Crippen LogP) is 1.09. The highest BCUT2D eigenvalue weighted by Crippen LogP contribution is 2.20. The van der Waals surface area contributed by atoms with Crippen LogP contribution in [0.3, 0.4) is 0 Å². The van der Waals surface area contributed by atoms with Crippen molar-refractivity contribution in [2.24, 2.45) is 5.73 Å². The molecule has 0 spiro atoms. The third kappa shape index (κ3) is 4.87. The average molecular weight is 342 g/mol. The lowest BCUT2D eigenvalue weighted by molar-refractivity contribution is -0.121. The Morgan fingerprint density at radius 2 is 2.12 bits per heavy atom. The van der Waals surface area contributed by atoms with Crippen molar-refractivity contribution in [2.75, 3.05) is 19.6 Å². The summed E-state index contributed by atoms with van der Waals surface area (Å²) < 4.78 is 1.75. The molecular formula is C18H26N6O. The number of rotatable bonds is 7. The maximum Gasteiger partial charge on any atom is 0.221 e. The highest BCUT2D eigenvalue weighted by molar-refractivity contribution is 5.76. The van der Waals surface area contributed by atoms with E-state index in [1.54, 1.807) is 11.0 Å². The maximum absolute atomic E-state index is 11.7. The van der Waals surface area contributed by atoms with E-state index in [-0.39, 0.29) is 5.91 Å². The number of nitrogens with two attached hydrogens (primary N) is 1. The van der Waals surface area contributed by atoms with Gasteiger partial charge in [-0.1, -0.05) is 18.6 Å². The molecule has 3 rings (SSSR count). The van der Waals surface area contributed by atoms with Crippen LogP contribution >= 0.6 is 0 Å². The molecule has 1 fully saturated rings. The molecule has 1 aliphatic heterocycles. The van der Waals surface area contributed by atoms with Crippen molar-refractivity contribution in [2.45, 2.75) is 38.3 Å². The van der Waals surface area contributed by atoms with E-state index in [1.807, 2.05) is 0 Å². The zero-order valence-electron chi connectivity index (χ0n) is 14.5. The van der Waals surface area contributed by atoms with Gasteiger partial charge < -0.3 is 11.1 Å². The quantitative estimate of drug-likeness (QED) is 0.786. The molecule has 1 saturated heterocycles. The van der Waals surface area contributed by atoms with E-state index in [0.29, 0.717) is 25.6 Å². The molecule has 1 atom stereocenters. The Bertz CT molecular complexity index is 655. The molecule has 0 saturated carbocycles. The first-order valence-corrected chi connectivity index (χ1v) is 8.91. The van der Waals surface area contributed by atoms with Crippen molar-refractivity contribution in [3.63, 3.8) is 0 Å². The molecular weight excluding hydrogens is 316 g/mol. The fourth-order valence-corrected chi connectivity index (χ4v) is 3.28. The number of benzene rings is 1. The lowest BCUT2D eigenvalue weighted by atomic mass is 10.0. The van der Waals surface area contributed by atoms with Crippen LogP contribution in [0.5, 0.6) is 0 Å². The van der Waals surface area contributed by atoms with E-state index in [0.717, 1.165) is 25.2 Å². The van der Waals surface area contributed by atoms with Gasteiger partial charge in [-0.15, -0.1) is 0 Å². The Balaban J connectivity index is 1.58. The Hall–Kier alpha value is -2.25. The van der Waals surface area contributed by atoms with E-state index in [1.165, 1.54) is 24.7 Å². The summed E-state index contributed by atoms with van der Waals surface area (Å²) in [6.07, 6.45) is 7.19. The van der Waals surface area contributed by atoms with Crippen molar-refractivity contribution in [1.29, 1.82) is 0 Å². The second kappa shape index (κ2) is 8.73. The molecule has 2 heterocycles. The minimum Gasteiger partial charge on any atom is -0.354 e. The molecule has 25 heavy (non-hydrogen) atoms. The monoisotopic (exact) mass is 342 g/mol. The van der Waals surface area contributed by atoms with Gasteiger partial charge >= 0.3 is 0 Å². The van der Waals surface area contributed by atoms with Crippen LogP contribution in [0.4, 0.5) is 0 Å². The van der Waals surface area contributed by atoms with Gasteiger partial charge in [-0.25, -0.2) is 9.67 Å². The molecule has 1 aromatic heterocycles. The van der Waals surface area contributed by atoms with Crippen molar-refractivity contribution >= 4 is 5.91 Å². The number of carbonyl (C=O) groups excluding carboxylic acids is 1. The first kappa shape index (κ1) is 17.6. The standard InChI is InChI=1S/C18H26N6O/c19-9-8-18(25)21-11-17-3-1-2-10-23(17)12-15-4-6-16(7-5-15)24-14-20-13-22-24/h4-7,13-14,17H,1-3,8-12,19H2,(H,21,25). The van der Waals surface area contributed by atoms with Gasteiger partial charge in [-0.2, -0.15) is 5.10 Å². The van der Waals surface area contributed by atoms with Gasteiger partial charge in [0, 0.05) is 32.1 Å². The number of likely N-dealkylation sites (tertiary alicyclic amines) is 1. The number of nitrogens with zero attached hydrogens (tertiary/aromatic N) is 4. The highest BCUT2D eigenvalue weighted by atomic mass is 16.1. The largest absolute Gasteiger partial charge is 0.354 e. The van der Waals surface area contributed by atoms with Gasteiger partial charge in [-0.3, -0.25) is 9.69 Å². The van der Waals surface area contributed by atoms with E-state index in [2.05, 4.69) is 44.6 Å². The van der Waals surface area contributed by atoms with E-state index in [4.69, 9.17) is 5.73 Å². The number of hydrogen-bond donors (Lipinski definition) is 2. The number of hydrogen-bond acceptors (Lipinski definition) is 5. The summed E-state index contributed by atoms with van der Waals surface area (Å²) in [5.74, 6) is 0.0465. The molecule has 2 aromatic rings. The summed E-state index contributed by atoms with van der Waals surface area (Å²) in [7, 11) is 0. The lowest BCUT2D eigenvalue weighted by Crippen LogP contribution is -2.46. The minimum atomic E-state index is 0.0465. The van der Waals surface area contributed by atoms with Gasteiger partial charge in [0.2, 0.25) is 5.91 Å². The number of aromatic nitrogens is 3. The normalized spacial score (nSPS) is 18.2. The van der Waals surface area contributed by atoms with Crippen LogP contribution in [0.1, 0.15) is 31.2 Å². The number of carbonyl (C=O) groups is 1. The van der Waals surface area contributed by atoms with Crippen molar-refractivity contribution < 1.29 is 4.79 Å². The Morgan fingerprint density at radius 3 is 2.84 bits per heavy atom. The van der Waals surface area contributed by atoms with Crippen LogP contribution in [0.25, 0.3) is 5.69 Å². The van der Waals surface area contributed by atoms with Crippen molar-refractivity contribution in [1.82, 2.24) is 25.0 Å². The smallest absolute Gasteiger partial charge is 0.221 e. The number of amides is 1. The molecule has 0 aliphatic carbocycles. The molecule has 0 radical (unpaired) electrons. The van der Waals surface area contributed by atoms with Crippen LogP contribution in [-0.4, -0.2) is 51.2 Å². The van der Waals surface area contributed by atoms with E-state index < -0.39 is 0 Å². The molecule has 1 amide bonds. The molecule has 0 bridgehead atoms. The fraction of sp³-hybridized carbons (Fsp3) is 0.500. The molecule has 1 aliphatic rings. The van der Waals surface area contributed by atoms with Gasteiger partial charge in [0.25, 0.3) is 0 Å². The van der Waals surface area contributed by atoms with Gasteiger partial charge in [0.1, 0.15) is 12.7 Å². The molecule has 134 valence electrons. The van der Waals surface area contributed by atoms with Crippen LogP contribution in [0.15, 0.2) is 36.9 Å². The zero-order chi connectivity index (χ0) is 17.5. The van der Waals surface area contributed by atoms with Gasteiger partial charge in [0.15, 0.2) is 0 Å². The molecule has 1 aromatic carbocycles. The summed E-state index contributed by atoms with van der Waals surface area (Å²) in [5.41, 5.74) is 7.71. The lowest BCUT2D eigenvalue weighted by Gasteiger charge is -2.36. The number of piperidine rings is 1. The predicted molar refractivity (Wildman–Crippen MR) is 96.1 cm³/mol. The number of nitrogens with one attached hydrogen (secondary N) is 1. The second-order valence-electron chi connectivity index (χ2n) is 6.47. The highest BCUT2D eigenvalue weighted by Gasteiger charge is 2.22. The molecule has 3 N–H and O–H groups in total. The summed E-state index contributed by atoms with van der Waals surface area (Å²) in [5, 5.41) is 7.16. The molecule has 1 unspecified atom stereocenters. The van der Waals surface area contributed by atoms with Crippen molar-refractivity contribution in [3.05, 3.63) is 42.5 Å². The summed E-state index contributed by atoms with van der Waals surface area (Å²) in [4.78, 5) is 18.1. The third-order valence-electron chi connectivity index (χ3n) is 4.66.